The van der Waals surface area contributed by atoms with E-state index in [1.54, 1.807) is 7.11 Å². The van der Waals surface area contributed by atoms with E-state index in [1.165, 1.54) is 0 Å². The first-order valence-electron chi connectivity index (χ1n) is 11.0. The molecule has 2 fully saturated rings. The molecule has 2 saturated heterocycles. The summed E-state index contributed by atoms with van der Waals surface area (Å²) in [4.78, 5) is 21.5. The van der Waals surface area contributed by atoms with Crippen LogP contribution in [0.25, 0.3) is 0 Å². The Balaban J connectivity index is 1.32. The second-order valence-corrected chi connectivity index (χ2v) is 8.52. The zero-order chi connectivity index (χ0) is 20.6. The maximum absolute atomic E-state index is 12.7. The van der Waals surface area contributed by atoms with Crippen LogP contribution in [-0.4, -0.2) is 77.9 Å². The van der Waals surface area contributed by atoms with Gasteiger partial charge in [-0.3, -0.25) is 4.79 Å². The SMILES string of the molecule is COCCc1noc(COC2CCN(C(=O)CC3CCN(C(C)C)CC3)CC2)n1. The lowest BCUT2D eigenvalue weighted by atomic mass is 9.92. The fraction of sp³-hybridized carbons (Fsp3) is 0.857. The van der Waals surface area contributed by atoms with Gasteiger partial charge in [0, 0.05) is 39.1 Å². The molecule has 1 amide bonds. The van der Waals surface area contributed by atoms with Crippen molar-refractivity contribution in [2.24, 2.45) is 5.92 Å². The zero-order valence-corrected chi connectivity index (χ0v) is 18.1. The lowest BCUT2D eigenvalue weighted by molar-refractivity contribution is -0.135. The summed E-state index contributed by atoms with van der Waals surface area (Å²) in [6, 6.07) is 0.606. The van der Waals surface area contributed by atoms with Gasteiger partial charge in [-0.25, -0.2) is 0 Å². The monoisotopic (exact) mass is 408 g/mol. The summed E-state index contributed by atoms with van der Waals surface area (Å²) in [6.45, 7) is 9.18. The first kappa shape index (κ1) is 22.2. The Hall–Kier alpha value is -1.51. The summed E-state index contributed by atoms with van der Waals surface area (Å²) in [7, 11) is 1.65. The highest BCUT2D eigenvalue weighted by molar-refractivity contribution is 5.76. The fourth-order valence-electron chi connectivity index (χ4n) is 4.15. The van der Waals surface area contributed by atoms with Gasteiger partial charge >= 0.3 is 0 Å². The number of carbonyl (C=O) groups excluding carboxylic acids is 1. The molecule has 0 atom stereocenters. The number of aromatic nitrogens is 2. The maximum atomic E-state index is 12.7. The fourth-order valence-corrected chi connectivity index (χ4v) is 4.15. The Bertz CT molecular complexity index is 620. The summed E-state index contributed by atoms with van der Waals surface area (Å²) >= 11 is 0. The summed E-state index contributed by atoms with van der Waals surface area (Å²) in [5, 5.41) is 3.92. The minimum Gasteiger partial charge on any atom is -0.384 e. The lowest BCUT2D eigenvalue weighted by Gasteiger charge is -2.36. The van der Waals surface area contributed by atoms with E-state index in [0.29, 0.717) is 55.6 Å². The second kappa shape index (κ2) is 11.0. The van der Waals surface area contributed by atoms with E-state index in [9.17, 15) is 4.79 Å². The molecule has 0 N–H and O–H groups in total. The van der Waals surface area contributed by atoms with E-state index in [0.717, 1.165) is 51.9 Å². The molecule has 29 heavy (non-hydrogen) atoms. The third-order valence-corrected chi connectivity index (χ3v) is 6.12. The highest BCUT2D eigenvalue weighted by Crippen LogP contribution is 2.24. The van der Waals surface area contributed by atoms with Crippen LogP contribution in [0.4, 0.5) is 0 Å². The maximum Gasteiger partial charge on any atom is 0.252 e. The Morgan fingerprint density at radius 2 is 1.90 bits per heavy atom. The molecule has 0 unspecified atom stereocenters. The third kappa shape index (κ3) is 6.76. The number of likely N-dealkylation sites (tertiary alicyclic amines) is 2. The lowest BCUT2D eigenvalue weighted by Crippen LogP contribution is -2.43. The van der Waals surface area contributed by atoms with Crippen LogP contribution in [0.15, 0.2) is 4.52 Å². The van der Waals surface area contributed by atoms with Crippen LogP contribution in [-0.2, 0) is 27.3 Å². The molecule has 1 aromatic heterocycles. The predicted molar refractivity (Wildman–Crippen MR) is 108 cm³/mol. The Morgan fingerprint density at radius 1 is 1.17 bits per heavy atom. The normalized spacial score (nSPS) is 19.9. The van der Waals surface area contributed by atoms with Crippen molar-refractivity contribution in [1.29, 1.82) is 0 Å². The van der Waals surface area contributed by atoms with Gasteiger partial charge in [0.1, 0.15) is 6.61 Å². The van der Waals surface area contributed by atoms with Gasteiger partial charge in [-0.05, 0) is 58.5 Å². The quantitative estimate of drug-likeness (QED) is 0.620. The van der Waals surface area contributed by atoms with E-state index in [4.69, 9.17) is 14.0 Å². The first-order chi connectivity index (χ1) is 14.0. The van der Waals surface area contributed by atoms with Gasteiger partial charge in [0.05, 0.1) is 12.7 Å². The number of hydrogen-bond acceptors (Lipinski definition) is 7. The number of nitrogens with zero attached hydrogens (tertiary/aromatic N) is 4. The standard InChI is InChI=1S/C21H36N4O4/c1-16(2)24-9-4-17(5-10-24)14-21(26)25-11-6-18(7-12-25)28-15-20-22-19(23-29-20)8-13-27-3/h16-18H,4-15H2,1-3H3. The molecule has 0 saturated carbocycles. The van der Waals surface area contributed by atoms with E-state index in [-0.39, 0.29) is 6.10 Å². The Kier molecular flexibility index (Phi) is 8.44. The Labute approximate surface area is 173 Å². The zero-order valence-electron chi connectivity index (χ0n) is 18.1. The van der Waals surface area contributed by atoms with Gasteiger partial charge in [0.2, 0.25) is 5.91 Å². The molecular weight excluding hydrogens is 372 g/mol. The van der Waals surface area contributed by atoms with Crippen molar-refractivity contribution in [1.82, 2.24) is 19.9 Å². The van der Waals surface area contributed by atoms with Crippen LogP contribution in [0.2, 0.25) is 0 Å². The van der Waals surface area contributed by atoms with Crippen molar-refractivity contribution in [2.75, 3.05) is 39.9 Å². The van der Waals surface area contributed by atoms with Crippen molar-refractivity contribution in [2.45, 2.75) is 71.1 Å². The molecule has 8 heteroatoms. The van der Waals surface area contributed by atoms with Crippen molar-refractivity contribution < 1.29 is 18.8 Å². The average molecular weight is 409 g/mol. The molecular formula is C21H36N4O4. The van der Waals surface area contributed by atoms with Crippen LogP contribution in [0, 0.1) is 5.92 Å². The van der Waals surface area contributed by atoms with Crippen LogP contribution in [0.3, 0.4) is 0 Å². The van der Waals surface area contributed by atoms with E-state index >= 15 is 0 Å². The smallest absolute Gasteiger partial charge is 0.252 e. The molecule has 0 aliphatic carbocycles. The topological polar surface area (TPSA) is 80.9 Å². The highest BCUT2D eigenvalue weighted by Gasteiger charge is 2.27. The number of methoxy groups -OCH3 is 1. The molecule has 2 aliphatic rings. The molecule has 0 radical (unpaired) electrons. The predicted octanol–water partition coefficient (Wildman–Crippen LogP) is 2.28. The molecule has 3 rings (SSSR count). The molecule has 0 aromatic carbocycles. The van der Waals surface area contributed by atoms with E-state index in [1.807, 2.05) is 4.90 Å². The minimum absolute atomic E-state index is 0.141. The molecule has 8 nitrogen and oxygen atoms in total. The van der Waals surface area contributed by atoms with Gasteiger partial charge in [-0.1, -0.05) is 5.16 Å². The number of piperidine rings is 2. The van der Waals surface area contributed by atoms with E-state index < -0.39 is 0 Å². The van der Waals surface area contributed by atoms with E-state index in [2.05, 4.69) is 28.9 Å². The summed E-state index contributed by atoms with van der Waals surface area (Å²) in [6.07, 6.45) is 5.48. The Morgan fingerprint density at radius 3 is 2.55 bits per heavy atom. The third-order valence-electron chi connectivity index (χ3n) is 6.12. The van der Waals surface area contributed by atoms with Crippen molar-refractivity contribution in [3.63, 3.8) is 0 Å². The van der Waals surface area contributed by atoms with Crippen LogP contribution in [0.1, 0.15) is 57.7 Å². The average Bonchev–Trinajstić information content (AvgIpc) is 3.19. The minimum atomic E-state index is 0.141. The number of ether oxygens (including phenoxy) is 2. The van der Waals surface area contributed by atoms with Crippen LogP contribution >= 0.6 is 0 Å². The van der Waals surface area contributed by atoms with Crippen LogP contribution in [0.5, 0.6) is 0 Å². The van der Waals surface area contributed by atoms with Gasteiger partial charge in [0.25, 0.3) is 5.89 Å². The van der Waals surface area contributed by atoms with Gasteiger partial charge < -0.3 is 23.8 Å². The number of hydrogen-bond donors (Lipinski definition) is 0. The number of amides is 1. The molecule has 2 aliphatic heterocycles. The number of rotatable bonds is 9. The van der Waals surface area contributed by atoms with Crippen molar-refractivity contribution in [3.8, 4) is 0 Å². The highest BCUT2D eigenvalue weighted by atomic mass is 16.5. The summed E-state index contributed by atoms with van der Waals surface area (Å²) in [5.74, 6) is 2.00. The van der Waals surface area contributed by atoms with Crippen LogP contribution < -0.4 is 0 Å². The van der Waals surface area contributed by atoms with Crippen molar-refractivity contribution >= 4 is 5.91 Å². The molecule has 1 aromatic rings. The van der Waals surface area contributed by atoms with Crippen molar-refractivity contribution in [3.05, 3.63) is 11.7 Å². The first-order valence-corrected chi connectivity index (χ1v) is 11.0. The van der Waals surface area contributed by atoms with Gasteiger partial charge in [-0.2, -0.15) is 4.98 Å². The molecule has 0 bridgehead atoms. The molecule has 164 valence electrons. The largest absolute Gasteiger partial charge is 0.384 e. The summed E-state index contributed by atoms with van der Waals surface area (Å²) < 4.78 is 16.2. The molecule has 0 spiro atoms. The van der Waals surface area contributed by atoms with Gasteiger partial charge in [0.15, 0.2) is 5.82 Å². The van der Waals surface area contributed by atoms with Gasteiger partial charge in [-0.15, -0.1) is 0 Å². The second-order valence-electron chi connectivity index (χ2n) is 8.52. The number of carbonyl (C=O) groups is 1. The molecule has 3 heterocycles. The summed E-state index contributed by atoms with van der Waals surface area (Å²) in [5.41, 5.74) is 0.